The fourth-order valence-corrected chi connectivity index (χ4v) is 2.32. The van der Waals surface area contributed by atoms with E-state index in [4.69, 9.17) is 0 Å². The van der Waals surface area contributed by atoms with Gasteiger partial charge in [0.2, 0.25) is 0 Å². The van der Waals surface area contributed by atoms with Gasteiger partial charge in [-0.2, -0.15) is 13.2 Å². The summed E-state index contributed by atoms with van der Waals surface area (Å²) in [5, 5.41) is 0. The number of alkyl halides is 3. The Morgan fingerprint density at radius 1 is 1.31 bits per heavy atom. The van der Waals surface area contributed by atoms with Gasteiger partial charge < -0.3 is 0 Å². The molecule has 0 spiro atoms. The molecule has 0 fully saturated rings. The average molecular weight is 318 g/mol. The maximum absolute atomic E-state index is 12.3. The SMILES string of the molecule is CSc1ccc(C(F)(F)F)c(I)c1. The third-order valence-electron chi connectivity index (χ3n) is 1.48. The van der Waals surface area contributed by atoms with Gasteiger partial charge in [-0.25, -0.2) is 0 Å². The van der Waals surface area contributed by atoms with Crippen LogP contribution < -0.4 is 0 Å². The number of rotatable bonds is 1. The first-order valence-electron chi connectivity index (χ1n) is 3.36. The van der Waals surface area contributed by atoms with Crippen LogP contribution in [0.1, 0.15) is 5.56 Å². The molecular weight excluding hydrogens is 312 g/mol. The maximum atomic E-state index is 12.3. The second-order valence-electron chi connectivity index (χ2n) is 2.34. The van der Waals surface area contributed by atoms with E-state index in [9.17, 15) is 13.2 Å². The Hall–Kier alpha value is 0.0900. The molecular formula is C8H6F3IS. The second-order valence-corrected chi connectivity index (χ2v) is 4.39. The molecule has 72 valence electrons. The van der Waals surface area contributed by atoms with Gasteiger partial charge in [0.1, 0.15) is 0 Å². The van der Waals surface area contributed by atoms with Crippen LogP contribution in [-0.4, -0.2) is 6.26 Å². The lowest BCUT2D eigenvalue weighted by molar-refractivity contribution is -0.138. The fourth-order valence-electron chi connectivity index (χ4n) is 0.853. The van der Waals surface area contributed by atoms with E-state index in [0.717, 1.165) is 11.0 Å². The van der Waals surface area contributed by atoms with Gasteiger partial charge in [-0.3, -0.25) is 0 Å². The van der Waals surface area contributed by atoms with Crippen molar-refractivity contribution in [3.63, 3.8) is 0 Å². The Morgan fingerprint density at radius 2 is 1.92 bits per heavy atom. The van der Waals surface area contributed by atoms with Gasteiger partial charge >= 0.3 is 6.18 Å². The third-order valence-corrected chi connectivity index (χ3v) is 3.10. The van der Waals surface area contributed by atoms with E-state index in [-0.39, 0.29) is 3.57 Å². The van der Waals surface area contributed by atoms with Crippen molar-refractivity contribution >= 4 is 34.4 Å². The zero-order valence-corrected chi connectivity index (χ0v) is 9.63. The highest BCUT2D eigenvalue weighted by atomic mass is 127. The van der Waals surface area contributed by atoms with Gasteiger partial charge in [0.15, 0.2) is 0 Å². The zero-order chi connectivity index (χ0) is 10.1. The van der Waals surface area contributed by atoms with Crippen molar-refractivity contribution in [1.82, 2.24) is 0 Å². The first kappa shape index (κ1) is 11.2. The van der Waals surface area contributed by atoms with E-state index in [1.807, 2.05) is 6.26 Å². The van der Waals surface area contributed by atoms with Gasteiger partial charge in [-0.1, -0.05) is 0 Å². The lowest BCUT2D eigenvalue weighted by Crippen LogP contribution is -2.07. The van der Waals surface area contributed by atoms with Gasteiger partial charge in [0.05, 0.1) is 5.56 Å². The van der Waals surface area contributed by atoms with Crippen molar-refractivity contribution in [3.05, 3.63) is 27.3 Å². The summed E-state index contributed by atoms with van der Waals surface area (Å²) in [4.78, 5) is 0.845. The minimum absolute atomic E-state index is 0.247. The molecule has 0 saturated heterocycles. The minimum Gasteiger partial charge on any atom is -0.166 e. The summed E-state index contributed by atoms with van der Waals surface area (Å²) in [7, 11) is 0. The monoisotopic (exact) mass is 318 g/mol. The summed E-state index contributed by atoms with van der Waals surface area (Å²) in [6, 6.07) is 4.14. The normalized spacial score (nSPS) is 11.8. The molecule has 0 aliphatic rings. The smallest absolute Gasteiger partial charge is 0.166 e. The van der Waals surface area contributed by atoms with Gasteiger partial charge in [0.25, 0.3) is 0 Å². The van der Waals surface area contributed by atoms with Crippen LogP contribution in [0.25, 0.3) is 0 Å². The Morgan fingerprint density at radius 3 is 2.31 bits per heavy atom. The van der Waals surface area contributed by atoms with E-state index in [2.05, 4.69) is 0 Å². The predicted molar refractivity (Wildman–Crippen MR) is 55.9 cm³/mol. The number of halogens is 4. The van der Waals surface area contributed by atoms with Crippen molar-refractivity contribution in [3.8, 4) is 0 Å². The molecule has 0 unspecified atom stereocenters. The fraction of sp³-hybridized carbons (Fsp3) is 0.250. The molecule has 1 aromatic rings. The van der Waals surface area contributed by atoms with E-state index < -0.39 is 11.7 Å². The lowest BCUT2D eigenvalue weighted by Gasteiger charge is -2.09. The summed E-state index contributed by atoms with van der Waals surface area (Å²) in [5.74, 6) is 0. The zero-order valence-electron chi connectivity index (χ0n) is 6.65. The van der Waals surface area contributed by atoms with Gasteiger partial charge in [-0.05, 0) is 47.0 Å². The van der Waals surface area contributed by atoms with Crippen LogP contribution in [0, 0.1) is 3.57 Å². The van der Waals surface area contributed by atoms with Crippen LogP contribution >= 0.6 is 34.4 Å². The van der Waals surface area contributed by atoms with Crippen molar-refractivity contribution in [2.24, 2.45) is 0 Å². The summed E-state index contributed by atoms with van der Waals surface area (Å²) in [5.41, 5.74) is -0.564. The molecule has 0 heterocycles. The third kappa shape index (κ3) is 2.77. The first-order valence-corrected chi connectivity index (χ1v) is 5.66. The quantitative estimate of drug-likeness (QED) is 0.556. The summed E-state index contributed by atoms with van der Waals surface area (Å²) >= 11 is 3.13. The van der Waals surface area contributed by atoms with Crippen LogP contribution in [0.3, 0.4) is 0 Å². The van der Waals surface area contributed by atoms with E-state index >= 15 is 0 Å². The molecule has 0 aromatic heterocycles. The van der Waals surface area contributed by atoms with Gasteiger partial charge in [-0.15, -0.1) is 11.8 Å². The second kappa shape index (κ2) is 4.08. The minimum atomic E-state index is -4.24. The molecule has 0 N–H and O–H groups in total. The van der Waals surface area contributed by atoms with Crippen LogP contribution in [0.2, 0.25) is 0 Å². The molecule has 0 radical (unpaired) electrons. The molecule has 1 rings (SSSR count). The molecule has 0 saturated carbocycles. The molecule has 5 heteroatoms. The number of hydrogen-bond donors (Lipinski definition) is 0. The molecule has 0 aliphatic carbocycles. The molecule has 1 aromatic carbocycles. The highest BCUT2D eigenvalue weighted by Gasteiger charge is 2.32. The van der Waals surface area contributed by atoms with Crippen molar-refractivity contribution < 1.29 is 13.2 Å². The van der Waals surface area contributed by atoms with Crippen molar-refractivity contribution in [2.45, 2.75) is 11.1 Å². The van der Waals surface area contributed by atoms with E-state index in [1.165, 1.54) is 23.9 Å². The predicted octanol–water partition coefficient (Wildman–Crippen LogP) is 4.03. The summed E-state index contributed by atoms with van der Waals surface area (Å²) in [6.07, 6.45) is -2.41. The molecule has 0 atom stereocenters. The van der Waals surface area contributed by atoms with E-state index in [0.29, 0.717) is 0 Å². The highest BCUT2D eigenvalue weighted by molar-refractivity contribution is 14.1. The van der Waals surface area contributed by atoms with Crippen LogP contribution in [0.5, 0.6) is 0 Å². The molecule has 13 heavy (non-hydrogen) atoms. The molecule has 0 nitrogen and oxygen atoms in total. The largest absolute Gasteiger partial charge is 0.417 e. The van der Waals surface area contributed by atoms with Crippen LogP contribution in [0.4, 0.5) is 13.2 Å². The Balaban J connectivity index is 3.13. The van der Waals surface area contributed by atoms with Gasteiger partial charge in [0, 0.05) is 8.47 Å². The molecule has 0 amide bonds. The first-order chi connectivity index (χ1) is 5.95. The van der Waals surface area contributed by atoms with Crippen molar-refractivity contribution in [2.75, 3.05) is 6.26 Å². The topological polar surface area (TPSA) is 0 Å². The Kier molecular flexibility index (Phi) is 3.50. The van der Waals surface area contributed by atoms with E-state index in [1.54, 1.807) is 22.6 Å². The van der Waals surface area contributed by atoms with Crippen molar-refractivity contribution in [1.29, 1.82) is 0 Å². The maximum Gasteiger partial charge on any atom is 0.417 e. The number of benzene rings is 1. The molecule has 0 aliphatic heterocycles. The Bertz CT molecular complexity index is 309. The Labute approximate surface area is 92.0 Å². The average Bonchev–Trinajstić information content (AvgIpc) is 2.01. The lowest BCUT2D eigenvalue weighted by atomic mass is 10.2. The standard InChI is InChI=1S/C8H6F3IS/c1-13-5-2-3-6(7(12)4-5)8(9,10)11/h2-4H,1H3. The highest BCUT2D eigenvalue weighted by Crippen LogP contribution is 2.34. The van der Waals surface area contributed by atoms with Crippen LogP contribution in [-0.2, 0) is 6.18 Å². The number of thioether (sulfide) groups is 1. The summed E-state index contributed by atoms with van der Waals surface area (Å²) < 4.78 is 37.1. The summed E-state index contributed by atoms with van der Waals surface area (Å²) in [6.45, 7) is 0. The number of hydrogen-bond acceptors (Lipinski definition) is 1. The molecule has 0 bridgehead atoms. The van der Waals surface area contributed by atoms with Crippen LogP contribution in [0.15, 0.2) is 23.1 Å².